The quantitative estimate of drug-likeness (QED) is 0.776. The zero-order valence-corrected chi connectivity index (χ0v) is 12.7. The minimum atomic E-state index is -0.886. The predicted molar refractivity (Wildman–Crippen MR) is 79.7 cm³/mol. The van der Waals surface area contributed by atoms with Crippen molar-refractivity contribution in [2.24, 2.45) is 0 Å². The number of urea groups is 1. The van der Waals surface area contributed by atoms with E-state index < -0.39 is 11.8 Å². The number of nitrogens with one attached hydrogen (secondary N) is 1. The number of rotatable bonds is 6. The van der Waals surface area contributed by atoms with Gasteiger partial charge in [0.05, 0.1) is 6.54 Å². The lowest BCUT2D eigenvalue weighted by atomic mass is 10.1. The van der Waals surface area contributed by atoms with Crippen molar-refractivity contribution in [1.82, 2.24) is 15.2 Å². The summed E-state index contributed by atoms with van der Waals surface area (Å²) in [5.74, 6) is -1.47. The van der Waals surface area contributed by atoms with Crippen LogP contribution in [0, 0.1) is 5.82 Å². The average molecular weight is 325 g/mol. The molecule has 0 radical (unpaired) electrons. The lowest BCUT2D eigenvalue weighted by Gasteiger charge is -2.32. The smallest absolute Gasteiger partial charge is 0.317 e. The van der Waals surface area contributed by atoms with Crippen LogP contribution in [0.1, 0.15) is 25.7 Å². The number of piperidine rings is 1. The monoisotopic (exact) mass is 325 g/mol. The molecule has 1 atom stereocenters. The number of likely N-dealkylation sites (tertiary alicyclic amines) is 1. The number of ether oxygens (including phenoxy) is 1. The van der Waals surface area contributed by atoms with E-state index in [9.17, 15) is 14.0 Å². The zero-order valence-electron chi connectivity index (χ0n) is 12.7. The molecule has 1 aromatic rings. The minimum Gasteiger partial charge on any atom is -0.481 e. The Kier molecular flexibility index (Phi) is 6.13. The lowest BCUT2D eigenvalue weighted by Crippen LogP contribution is -2.48. The number of carboxylic acids is 1. The van der Waals surface area contributed by atoms with Crippen molar-refractivity contribution in [3.05, 3.63) is 24.1 Å². The second-order valence-electron chi connectivity index (χ2n) is 5.35. The van der Waals surface area contributed by atoms with E-state index in [-0.39, 0.29) is 24.4 Å². The van der Waals surface area contributed by atoms with Crippen molar-refractivity contribution < 1.29 is 23.8 Å². The van der Waals surface area contributed by atoms with Crippen LogP contribution in [0.4, 0.5) is 9.18 Å². The maximum atomic E-state index is 13.5. The molecule has 7 nitrogen and oxygen atoms in total. The van der Waals surface area contributed by atoms with E-state index in [4.69, 9.17) is 9.84 Å². The van der Waals surface area contributed by atoms with Crippen LogP contribution in [0.15, 0.2) is 18.3 Å². The Labute approximate surface area is 133 Å². The molecule has 0 saturated carbocycles. The van der Waals surface area contributed by atoms with Crippen LogP contribution in [0.25, 0.3) is 0 Å². The first-order valence-electron chi connectivity index (χ1n) is 7.58. The van der Waals surface area contributed by atoms with Crippen molar-refractivity contribution in [1.29, 1.82) is 0 Å². The first kappa shape index (κ1) is 17.0. The molecule has 1 aliphatic rings. The van der Waals surface area contributed by atoms with Crippen LogP contribution in [0.2, 0.25) is 0 Å². The molecule has 8 heteroatoms. The molecular formula is C15H20FN3O4. The summed E-state index contributed by atoms with van der Waals surface area (Å²) in [6, 6.07) is 2.50. The first-order valence-corrected chi connectivity index (χ1v) is 7.58. The second-order valence-corrected chi connectivity index (χ2v) is 5.35. The number of carbonyl (C=O) groups is 2. The fraction of sp³-hybridized carbons (Fsp3) is 0.533. The summed E-state index contributed by atoms with van der Waals surface area (Å²) in [6.07, 6.45) is 3.02. The Morgan fingerprint density at radius 1 is 1.52 bits per heavy atom. The number of halogens is 1. The number of carboxylic acid groups (broad SMARTS) is 1. The van der Waals surface area contributed by atoms with E-state index in [0.29, 0.717) is 26.1 Å². The van der Waals surface area contributed by atoms with E-state index >= 15 is 0 Å². The fourth-order valence-corrected chi connectivity index (χ4v) is 2.38. The normalized spacial score (nSPS) is 17.6. The summed E-state index contributed by atoms with van der Waals surface area (Å²) in [5, 5.41) is 11.2. The van der Waals surface area contributed by atoms with Gasteiger partial charge in [-0.2, -0.15) is 0 Å². The maximum absolute atomic E-state index is 13.5. The molecule has 2 heterocycles. The highest BCUT2D eigenvalue weighted by Crippen LogP contribution is 2.19. The minimum absolute atomic E-state index is 0.0188. The summed E-state index contributed by atoms with van der Waals surface area (Å²) in [4.78, 5) is 27.9. The maximum Gasteiger partial charge on any atom is 0.317 e. The Morgan fingerprint density at radius 3 is 3.09 bits per heavy atom. The van der Waals surface area contributed by atoms with Crippen molar-refractivity contribution >= 4 is 12.0 Å². The Morgan fingerprint density at radius 2 is 2.35 bits per heavy atom. The van der Waals surface area contributed by atoms with Crippen molar-refractivity contribution in [3.8, 4) is 5.88 Å². The third kappa shape index (κ3) is 5.39. The number of amides is 2. The van der Waals surface area contributed by atoms with Gasteiger partial charge in [0, 0.05) is 25.7 Å². The highest BCUT2D eigenvalue weighted by molar-refractivity contribution is 5.74. The van der Waals surface area contributed by atoms with E-state index in [0.717, 1.165) is 12.8 Å². The van der Waals surface area contributed by atoms with Gasteiger partial charge in [-0.05, 0) is 31.4 Å². The zero-order chi connectivity index (χ0) is 16.7. The third-order valence-electron chi connectivity index (χ3n) is 3.51. The van der Waals surface area contributed by atoms with Crippen LogP contribution < -0.4 is 10.1 Å². The first-order chi connectivity index (χ1) is 11.1. The predicted octanol–water partition coefficient (Wildman–Crippen LogP) is 1.64. The molecular weight excluding hydrogens is 305 g/mol. The Hall–Kier alpha value is -2.38. The number of aromatic nitrogens is 1. The number of hydrogen-bond donors (Lipinski definition) is 2. The van der Waals surface area contributed by atoms with Gasteiger partial charge in [-0.1, -0.05) is 0 Å². The molecule has 0 bridgehead atoms. The van der Waals surface area contributed by atoms with Crippen LogP contribution in [0.5, 0.6) is 5.88 Å². The highest BCUT2D eigenvalue weighted by atomic mass is 19.1. The topological polar surface area (TPSA) is 91.8 Å². The fourth-order valence-electron chi connectivity index (χ4n) is 2.38. The molecule has 1 fully saturated rings. The van der Waals surface area contributed by atoms with E-state index in [2.05, 4.69) is 10.3 Å². The molecule has 1 aromatic heterocycles. The summed E-state index contributed by atoms with van der Waals surface area (Å²) < 4.78 is 19.1. The van der Waals surface area contributed by atoms with Crippen molar-refractivity contribution in [2.45, 2.75) is 31.8 Å². The van der Waals surface area contributed by atoms with Gasteiger partial charge >= 0.3 is 12.0 Å². The van der Waals surface area contributed by atoms with Crippen LogP contribution in [0.3, 0.4) is 0 Å². The van der Waals surface area contributed by atoms with Gasteiger partial charge < -0.3 is 20.1 Å². The van der Waals surface area contributed by atoms with E-state index in [1.54, 1.807) is 4.90 Å². The standard InChI is InChI=1S/C15H20FN3O4/c16-12-5-1-7-17-14(12)23-11-4-3-9-19(10-11)15(22)18-8-2-6-13(20)21/h1,5,7,11H,2-4,6,8-10H2,(H,18,22)(H,20,21). The van der Waals surface area contributed by atoms with Crippen LogP contribution in [-0.2, 0) is 4.79 Å². The molecule has 23 heavy (non-hydrogen) atoms. The molecule has 2 amide bonds. The molecule has 1 aliphatic heterocycles. The van der Waals surface area contributed by atoms with Gasteiger partial charge in [0.1, 0.15) is 6.10 Å². The molecule has 1 saturated heterocycles. The van der Waals surface area contributed by atoms with Gasteiger partial charge in [-0.3, -0.25) is 4.79 Å². The number of hydrogen-bond acceptors (Lipinski definition) is 4. The van der Waals surface area contributed by atoms with Crippen LogP contribution >= 0.6 is 0 Å². The summed E-state index contributed by atoms with van der Waals surface area (Å²) in [6.45, 7) is 1.25. The van der Waals surface area contributed by atoms with Gasteiger partial charge in [0.2, 0.25) is 0 Å². The van der Waals surface area contributed by atoms with Crippen LogP contribution in [-0.4, -0.2) is 52.7 Å². The summed E-state index contributed by atoms with van der Waals surface area (Å²) in [5.41, 5.74) is 0. The van der Waals surface area contributed by atoms with Gasteiger partial charge in [0.15, 0.2) is 5.82 Å². The number of carbonyl (C=O) groups excluding carboxylic acids is 1. The van der Waals surface area contributed by atoms with Crippen molar-refractivity contribution in [3.63, 3.8) is 0 Å². The molecule has 2 rings (SSSR count). The van der Waals surface area contributed by atoms with Gasteiger partial charge in [0.25, 0.3) is 5.88 Å². The summed E-state index contributed by atoms with van der Waals surface area (Å²) in [7, 11) is 0. The lowest BCUT2D eigenvalue weighted by molar-refractivity contribution is -0.137. The van der Waals surface area contributed by atoms with Gasteiger partial charge in [-0.25, -0.2) is 14.2 Å². The second kappa shape index (κ2) is 8.30. The van der Waals surface area contributed by atoms with Crippen molar-refractivity contribution in [2.75, 3.05) is 19.6 Å². The summed E-state index contributed by atoms with van der Waals surface area (Å²) >= 11 is 0. The molecule has 0 aliphatic carbocycles. The molecule has 0 aromatic carbocycles. The number of pyridine rings is 1. The molecule has 2 N–H and O–H groups in total. The average Bonchev–Trinajstić information content (AvgIpc) is 2.54. The molecule has 1 unspecified atom stereocenters. The van der Waals surface area contributed by atoms with E-state index in [1.807, 2.05) is 0 Å². The number of aliphatic carboxylic acids is 1. The number of nitrogens with zero attached hydrogens (tertiary/aromatic N) is 2. The van der Waals surface area contributed by atoms with E-state index in [1.165, 1.54) is 18.3 Å². The molecule has 126 valence electrons. The van der Waals surface area contributed by atoms with Gasteiger partial charge in [-0.15, -0.1) is 0 Å². The SMILES string of the molecule is O=C(O)CCCNC(=O)N1CCCC(Oc2ncccc2F)C1. The molecule has 0 spiro atoms. The largest absolute Gasteiger partial charge is 0.481 e. The Balaban J connectivity index is 1.79. The highest BCUT2D eigenvalue weighted by Gasteiger charge is 2.25. The Bertz CT molecular complexity index is 555. The third-order valence-corrected chi connectivity index (χ3v) is 3.51.